The molecule has 0 amide bonds. The van der Waals surface area contributed by atoms with Gasteiger partial charge in [0.15, 0.2) is 0 Å². The first-order valence-corrected chi connectivity index (χ1v) is 4.80. The van der Waals surface area contributed by atoms with Crippen LogP contribution in [0.5, 0.6) is 5.75 Å². The maximum Gasteiger partial charge on any atom is 0.119 e. The SMILES string of the molecule is [CH2]CCCOc1ccc(Br)cc1. The smallest absolute Gasteiger partial charge is 0.119 e. The zero-order valence-corrected chi connectivity index (χ0v) is 8.51. The molecule has 1 radical (unpaired) electrons. The standard InChI is InChI=1S/C10H12BrO/c1-2-3-8-12-10-6-4-9(11)5-7-10/h4-7H,1-3,8H2. The maximum atomic E-state index is 5.44. The lowest BCUT2D eigenvalue weighted by Gasteiger charge is -2.04. The summed E-state index contributed by atoms with van der Waals surface area (Å²) in [6.45, 7) is 4.50. The molecule has 1 aromatic carbocycles. The summed E-state index contributed by atoms with van der Waals surface area (Å²) in [5.41, 5.74) is 0. The number of halogens is 1. The second kappa shape index (κ2) is 5.20. The highest BCUT2D eigenvalue weighted by Gasteiger charge is 1.91. The molecular weight excluding hydrogens is 216 g/mol. The van der Waals surface area contributed by atoms with E-state index in [1.807, 2.05) is 24.3 Å². The fourth-order valence-corrected chi connectivity index (χ4v) is 1.09. The molecule has 0 spiro atoms. The van der Waals surface area contributed by atoms with Crippen LogP contribution in [0, 0.1) is 6.92 Å². The Hall–Kier alpha value is -0.500. The van der Waals surface area contributed by atoms with Gasteiger partial charge in [-0.2, -0.15) is 0 Å². The predicted molar refractivity (Wildman–Crippen MR) is 54.2 cm³/mol. The highest BCUT2D eigenvalue weighted by atomic mass is 79.9. The van der Waals surface area contributed by atoms with E-state index < -0.39 is 0 Å². The van der Waals surface area contributed by atoms with Gasteiger partial charge in [0.25, 0.3) is 0 Å². The van der Waals surface area contributed by atoms with Crippen LogP contribution in [0.2, 0.25) is 0 Å². The highest BCUT2D eigenvalue weighted by Crippen LogP contribution is 2.16. The molecule has 0 atom stereocenters. The fraction of sp³-hybridized carbons (Fsp3) is 0.300. The molecule has 0 aliphatic rings. The number of rotatable bonds is 4. The minimum atomic E-state index is 0.755. The maximum absolute atomic E-state index is 5.44. The number of benzene rings is 1. The van der Waals surface area contributed by atoms with E-state index in [4.69, 9.17) is 4.74 Å². The number of ether oxygens (including phenoxy) is 1. The molecule has 0 saturated carbocycles. The second-order valence-corrected chi connectivity index (χ2v) is 3.43. The van der Waals surface area contributed by atoms with Gasteiger partial charge >= 0.3 is 0 Å². The molecule has 0 heterocycles. The van der Waals surface area contributed by atoms with Crippen LogP contribution in [0.25, 0.3) is 0 Å². The Balaban J connectivity index is 2.37. The first-order valence-electron chi connectivity index (χ1n) is 4.00. The van der Waals surface area contributed by atoms with Gasteiger partial charge in [-0.25, -0.2) is 0 Å². The molecule has 0 aromatic heterocycles. The van der Waals surface area contributed by atoms with Crippen LogP contribution in [0.1, 0.15) is 12.8 Å². The molecule has 12 heavy (non-hydrogen) atoms. The summed E-state index contributed by atoms with van der Waals surface area (Å²) in [5, 5.41) is 0. The summed E-state index contributed by atoms with van der Waals surface area (Å²) in [5.74, 6) is 0.923. The van der Waals surface area contributed by atoms with Gasteiger partial charge < -0.3 is 4.74 Å². The van der Waals surface area contributed by atoms with Crippen LogP contribution in [0.3, 0.4) is 0 Å². The van der Waals surface area contributed by atoms with E-state index in [9.17, 15) is 0 Å². The minimum Gasteiger partial charge on any atom is -0.494 e. The third-order valence-electron chi connectivity index (χ3n) is 1.48. The molecule has 1 nitrogen and oxygen atoms in total. The Morgan fingerprint density at radius 2 is 1.92 bits per heavy atom. The van der Waals surface area contributed by atoms with Crippen LogP contribution in [-0.2, 0) is 0 Å². The van der Waals surface area contributed by atoms with Gasteiger partial charge in [0.05, 0.1) is 6.61 Å². The summed E-state index contributed by atoms with van der Waals surface area (Å²) in [7, 11) is 0. The summed E-state index contributed by atoms with van der Waals surface area (Å²) < 4.78 is 6.52. The zero-order valence-electron chi connectivity index (χ0n) is 6.92. The lowest BCUT2D eigenvalue weighted by atomic mass is 10.3. The Bertz CT molecular complexity index is 218. The molecule has 0 fully saturated rings. The molecule has 1 aromatic rings. The van der Waals surface area contributed by atoms with Gasteiger partial charge in [-0.05, 0) is 30.7 Å². The fourth-order valence-electron chi connectivity index (χ4n) is 0.823. The largest absolute Gasteiger partial charge is 0.494 e. The van der Waals surface area contributed by atoms with Crippen molar-refractivity contribution in [2.24, 2.45) is 0 Å². The first-order chi connectivity index (χ1) is 5.83. The van der Waals surface area contributed by atoms with Gasteiger partial charge in [-0.3, -0.25) is 0 Å². The summed E-state index contributed by atoms with van der Waals surface area (Å²) in [4.78, 5) is 0. The Labute approximate surface area is 81.9 Å². The monoisotopic (exact) mass is 227 g/mol. The van der Waals surface area contributed by atoms with Gasteiger partial charge in [0.1, 0.15) is 5.75 Å². The van der Waals surface area contributed by atoms with Crippen LogP contribution in [0.15, 0.2) is 28.7 Å². The van der Waals surface area contributed by atoms with Crippen LogP contribution in [0.4, 0.5) is 0 Å². The molecule has 1 rings (SSSR count). The molecule has 0 N–H and O–H groups in total. The average Bonchev–Trinajstić information content (AvgIpc) is 2.09. The third kappa shape index (κ3) is 3.26. The summed E-state index contributed by atoms with van der Waals surface area (Å²) >= 11 is 3.36. The Morgan fingerprint density at radius 1 is 1.25 bits per heavy atom. The van der Waals surface area contributed by atoms with Gasteiger partial charge in [0, 0.05) is 4.47 Å². The van der Waals surface area contributed by atoms with Crippen LogP contribution in [-0.4, -0.2) is 6.61 Å². The normalized spacial score (nSPS) is 9.83. The van der Waals surface area contributed by atoms with Crippen molar-refractivity contribution in [3.63, 3.8) is 0 Å². The lowest BCUT2D eigenvalue weighted by molar-refractivity contribution is 0.312. The van der Waals surface area contributed by atoms with Crippen molar-refractivity contribution < 1.29 is 4.74 Å². The molecule has 65 valence electrons. The minimum absolute atomic E-state index is 0.755. The second-order valence-electron chi connectivity index (χ2n) is 2.51. The van der Waals surface area contributed by atoms with E-state index in [1.54, 1.807) is 0 Å². The van der Waals surface area contributed by atoms with Crippen molar-refractivity contribution in [2.75, 3.05) is 6.61 Å². The average molecular weight is 228 g/mol. The van der Waals surface area contributed by atoms with E-state index in [0.717, 1.165) is 29.7 Å². The quantitative estimate of drug-likeness (QED) is 0.717. The van der Waals surface area contributed by atoms with Crippen molar-refractivity contribution in [1.29, 1.82) is 0 Å². The first kappa shape index (κ1) is 9.59. The topological polar surface area (TPSA) is 9.23 Å². The van der Waals surface area contributed by atoms with Crippen LogP contribution < -0.4 is 4.74 Å². The molecule has 0 unspecified atom stereocenters. The van der Waals surface area contributed by atoms with E-state index in [1.165, 1.54) is 0 Å². The van der Waals surface area contributed by atoms with E-state index >= 15 is 0 Å². The molecule has 0 bridgehead atoms. The summed E-state index contributed by atoms with van der Waals surface area (Å²) in [6.07, 6.45) is 1.94. The van der Waals surface area contributed by atoms with Crippen molar-refractivity contribution >= 4 is 15.9 Å². The third-order valence-corrected chi connectivity index (χ3v) is 2.01. The van der Waals surface area contributed by atoms with E-state index in [0.29, 0.717) is 0 Å². The van der Waals surface area contributed by atoms with Gasteiger partial charge in [-0.1, -0.05) is 29.3 Å². The van der Waals surface area contributed by atoms with E-state index in [-0.39, 0.29) is 0 Å². The summed E-state index contributed by atoms with van der Waals surface area (Å²) in [6, 6.07) is 7.85. The molecule has 0 aliphatic heterocycles. The molecular formula is C10H12BrO. The lowest BCUT2D eigenvalue weighted by Crippen LogP contribution is -1.95. The zero-order chi connectivity index (χ0) is 8.81. The van der Waals surface area contributed by atoms with Crippen molar-refractivity contribution in [3.8, 4) is 5.75 Å². The van der Waals surface area contributed by atoms with Gasteiger partial charge in [-0.15, -0.1) is 0 Å². The van der Waals surface area contributed by atoms with Crippen molar-refractivity contribution in [1.82, 2.24) is 0 Å². The Kier molecular flexibility index (Phi) is 4.15. The highest BCUT2D eigenvalue weighted by molar-refractivity contribution is 9.10. The number of hydrogen-bond acceptors (Lipinski definition) is 1. The molecule has 0 saturated heterocycles. The molecule has 2 heteroatoms. The number of unbranched alkanes of at least 4 members (excludes halogenated alkanes) is 1. The molecule has 0 aliphatic carbocycles. The number of hydrogen-bond donors (Lipinski definition) is 0. The Morgan fingerprint density at radius 3 is 2.50 bits per heavy atom. The van der Waals surface area contributed by atoms with Gasteiger partial charge in [0.2, 0.25) is 0 Å². The van der Waals surface area contributed by atoms with Crippen molar-refractivity contribution in [3.05, 3.63) is 35.7 Å². The predicted octanol–water partition coefficient (Wildman–Crippen LogP) is 3.44. The van der Waals surface area contributed by atoms with E-state index in [2.05, 4.69) is 22.9 Å². The van der Waals surface area contributed by atoms with Crippen molar-refractivity contribution in [2.45, 2.75) is 12.8 Å². The van der Waals surface area contributed by atoms with Crippen LogP contribution >= 0.6 is 15.9 Å².